The summed E-state index contributed by atoms with van der Waals surface area (Å²) >= 11 is 1.48. The molecular formula is C15H15N5OS. The van der Waals surface area contributed by atoms with Gasteiger partial charge in [-0.3, -0.25) is 0 Å². The molecule has 22 heavy (non-hydrogen) atoms. The van der Waals surface area contributed by atoms with Gasteiger partial charge in [0, 0.05) is 23.5 Å². The zero-order valence-corrected chi connectivity index (χ0v) is 12.7. The fourth-order valence-electron chi connectivity index (χ4n) is 2.12. The molecule has 1 unspecified atom stereocenters. The molecule has 1 aliphatic rings. The van der Waals surface area contributed by atoms with Crippen molar-refractivity contribution in [1.82, 2.24) is 20.6 Å². The summed E-state index contributed by atoms with van der Waals surface area (Å²) < 4.78 is 0. The van der Waals surface area contributed by atoms with Gasteiger partial charge in [-0.2, -0.15) is 0 Å². The third-order valence-electron chi connectivity index (χ3n) is 3.14. The topological polar surface area (TPSA) is 92.9 Å². The zero-order chi connectivity index (χ0) is 15.5. The first kappa shape index (κ1) is 14.4. The Kier molecular flexibility index (Phi) is 3.97. The molecule has 0 saturated carbocycles. The van der Waals surface area contributed by atoms with Crippen LogP contribution in [0.3, 0.4) is 0 Å². The molecule has 0 bridgehead atoms. The molecule has 2 amide bonds. The van der Waals surface area contributed by atoms with Crippen molar-refractivity contribution in [2.24, 2.45) is 5.73 Å². The highest BCUT2D eigenvalue weighted by Gasteiger charge is 2.27. The van der Waals surface area contributed by atoms with Crippen molar-refractivity contribution in [3.8, 4) is 0 Å². The van der Waals surface area contributed by atoms with E-state index in [1.54, 1.807) is 12.4 Å². The van der Waals surface area contributed by atoms with Gasteiger partial charge in [-0.25, -0.2) is 14.8 Å². The predicted octanol–water partition coefficient (Wildman–Crippen LogP) is 2.11. The summed E-state index contributed by atoms with van der Waals surface area (Å²) in [5, 5.41) is 6.70. The number of urea groups is 1. The number of carbonyl (C=O) groups excluding carboxylic acids is 1. The van der Waals surface area contributed by atoms with Crippen molar-refractivity contribution in [3.63, 3.8) is 0 Å². The Morgan fingerprint density at radius 2 is 1.95 bits per heavy atom. The summed E-state index contributed by atoms with van der Waals surface area (Å²) in [5.74, 6) is 0.721. The average molecular weight is 313 g/mol. The summed E-state index contributed by atoms with van der Waals surface area (Å²) in [5.41, 5.74) is 8.03. The van der Waals surface area contributed by atoms with Gasteiger partial charge >= 0.3 is 6.03 Å². The first-order valence-electron chi connectivity index (χ1n) is 6.71. The lowest BCUT2D eigenvalue weighted by Gasteiger charge is -2.12. The monoisotopic (exact) mass is 313 g/mol. The third kappa shape index (κ3) is 3.04. The van der Waals surface area contributed by atoms with Gasteiger partial charge < -0.3 is 16.4 Å². The van der Waals surface area contributed by atoms with E-state index >= 15 is 0 Å². The molecule has 7 heteroatoms. The number of nitrogens with zero attached hydrogens (tertiary/aromatic N) is 2. The largest absolute Gasteiger partial charge is 0.366 e. The Morgan fingerprint density at radius 1 is 1.27 bits per heavy atom. The molecule has 0 saturated heterocycles. The van der Waals surface area contributed by atoms with Gasteiger partial charge in [0.15, 0.2) is 0 Å². The van der Waals surface area contributed by atoms with Crippen LogP contribution < -0.4 is 16.4 Å². The van der Waals surface area contributed by atoms with E-state index in [0.29, 0.717) is 5.03 Å². The molecular weight excluding hydrogens is 298 g/mol. The van der Waals surface area contributed by atoms with Crippen molar-refractivity contribution in [2.75, 3.05) is 0 Å². The van der Waals surface area contributed by atoms with Crippen LogP contribution in [-0.2, 0) is 0 Å². The highest BCUT2D eigenvalue weighted by Crippen LogP contribution is 2.41. The van der Waals surface area contributed by atoms with Crippen LogP contribution in [0.15, 0.2) is 47.8 Å². The molecule has 6 nitrogen and oxygen atoms in total. The molecule has 1 aliphatic heterocycles. The SMILES string of the molecule is Cc1ncc(C2NC(c3ccccc3)=C(NC(N)=O)S2)cn1. The van der Waals surface area contributed by atoms with E-state index in [9.17, 15) is 4.79 Å². The van der Waals surface area contributed by atoms with Gasteiger partial charge in [-0.1, -0.05) is 42.1 Å². The van der Waals surface area contributed by atoms with E-state index < -0.39 is 6.03 Å². The molecule has 4 N–H and O–H groups in total. The Labute approximate surface area is 132 Å². The Hall–Kier alpha value is -2.54. The van der Waals surface area contributed by atoms with E-state index in [4.69, 9.17) is 5.73 Å². The van der Waals surface area contributed by atoms with E-state index in [2.05, 4.69) is 20.6 Å². The molecule has 0 radical (unpaired) electrons. The number of carbonyl (C=O) groups is 1. The number of amides is 2. The number of aryl methyl sites for hydroxylation is 1. The standard InChI is InChI=1S/C15H15N5OS/c1-9-17-7-11(8-18-9)13-19-12(10-5-3-2-4-6-10)14(22-13)20-15(16)21/h2-8,13,19H,1H3,(H3,16,20,21). The van der Waals surface area contributed by atoms with Crippen LogP contribution >= 0.6 is 11.8 Å². The minimum absolute atomic E-state index is 0.0716. The Bertz CT molecular complexity index is 714. The molecule has 1 aromatic carbocycles. The van der Waals surface area contributed by atoms with Crippen molar-refractivity contribution in [2.45, 2.75) is 12.3 Å². The van der Waals surface area contributed by atoms with Gasteiger partial charge in [0.25, 0.3) is 0 Å². The number of nitrogens with two attached hydrogens (primary N) is 1. The molecule has 0 fully saturated rings. The minimum atomic E-state index is -0.585. The van der Waals surface area contributed by atoms with Crippen molar-refractivity contribution >= 4 is 23.5 Å². The van der Waals surface area contributed by atoms with Crippen molar-refractivity contribution in [3.05, 3.63) is 64.7 Å². The highest BCUT2D eigenvalue weighted by atomic mass is 32.2. The molecule has 1 atom stereocenters. The summed E-state index contributed by atoms with van der Waals surface area (Å²) in [4.78, 5) is 19.7. The Balaban J connectivity index is 1.90. The number of hydrogen-bond acceptors (Lipinski definition) is 5. The molecule has 3 rings (SSSR count). The number of nitrogens with one attached hydrogen (secondary N) is 2. The molecule has 2 aromatic rings. The van der Waals surface area contributed by atoms with E-state index in [1.165, 1.54) is 11.8 Å². The van der Waals surface area contributed by atoms with Crippen LogP contribution in [0, 0.1) is 6.92 Å². The van der Waals surface area contributed by atoms with Gasteiger partial charge in [0.1, 0.15) is 16.2 Å². The van der Waals surface area contributed by atoms with Crippen LogP contribution in [0.4, 0.5) is 4.79 Å². The normalized spacial score (nSPS) is 17.2. The summed E-state index contributed by atoms with van der Waals surface area (Å²) in [7, 11) is 0. The van der Waals surface area contributed by atoms with Crippen molar-refractivity contribution < 1.29 is 4.79 Å². The molecule has 0 aliphatic carbocycles. The molecule has 0 spiro atoms. The smallest absolute Gasteiger partial charge is 0.317 e. The highest BCUT2D eigenvalue weighted by molar-refractivity contribution is 8.03. The van der Waals surface area contributed by atoms with Crippen LogP contribution in [-0.4, -0.2) is 16.0 Å². The number of hydrogen-bond donors (Lipinski definition) is 3. The lowest BCUT2D eigenvalue weighted by Crippen LogP contribution is -2.27. The van der Waals surface area contributed by atoms with Crippen LogP contribution in [0.1, 0.15) is 22.3 Å². The Morgan fingerprint density at radius 3 is 2.59 bits per heavy atom. The second kappa shape index (κ2) is 6.07. The predicted molar refractivity (Wildman–Crippen MR) is 86.3 cm³/mol. The fourth-order valence-corrected chi connectivity index (χ4v) is 3.24. The van der Waals surface area contributed by atoms with E-state index in [0.717, 1.165) is 22.6 Å². The lowest BCUT2D eigenvalue weighted by molar-refractivity contribution is 0.252. The third-order valence-corrected chi connectivity index (χ3v) is 4.31. The van der Waals surface area contributed by atoms with E-state index in [1.807, 2.05) is 37.3 Å². The summed E-state index contributed by atoms with van der Waals surface area (Å²) in [6.45, 7) is 1.84. The molecule has 1 aromatic heterocycles. The van der Waals surface area contributed by atoms with Gasteiger partial charge in [0.05, 0.1) is 5.70 Å². The molecule has 112 valence electrons. The number of aromatic nitrogens is 2. The quantitative estimate of drug-likeness (QED) is 0.807. The fraction of sp³-hybridized carbons (Fsp3) is 0.133. The number of rotatable bonds is 3. The van der Waals surface area contributed by atoms with Crippen LogP contribution in [0.5, 0.6) is 0 Å². The van der Waals surface area contributed by atoms with Gasteiger partial charge in [-0.05, 0) is 6.92 Å². The minimum Gasteiger partial charge on any atom is -0.366 e. The zero-order valence-electron chi connectivity index (χ0n) is 11.9. The number of primary amides is 1. The second-order valence-corrected chi connectivity index (χ2v) is 5.88. The van der Waals surface area contributed by atoms with Crippen LogP contribution in [0.2, 0.25) is 0 Å². The second-order valence-electron chi connectivity index (χ2n) is 4.77. The van der Waals surface area contributed by atoms with E-state index in [-0.39, 0.29) is 5.37 Å². The number of benzene rings is 1. The van der Waals surface area contributed by atoms with Crippen molar-refractivity contribution in [1.29, 1.82) is 0 Å². The van der Waals surface area contributed by atoms with Crippen LogP contribution in [0.25, 0.3) is 5.70 Å². The average Bonchev–Trinajstić information content (AvgIpc) is 2.92. The number of thioether (sulfide) groups is 1. The lowest BCUT2D eigenvalue weighted by atomic mass is 10.1. The van der Waals surface area contributed by atoms with Gasteiger partial charge in [-0.15, -0.1) is 0 Å². The maximum Gasteiger partial charge on any atom is 0.317 e. The first-order valence-corrected chi connectivity index (χ1v) is 7.59. The maximum atomic E-state index is 11.2. The summed E-state index contributed by atoms with van der Waals surface area (Å²) in [6.07, 6.45) is 3.56. The summed E-state index contributed by atoms with van der Waals surface area (Å²) in [6, 6.07) is 9.19. The van der Waals surface area contributed by atoms with Gasteiger partial charge in [0.2, 0.25) is 0 Å². The molecule has 2 heterocycles. The maximum absolute atomic E-state index is 11.2. The first-order chi connectivity index (χ1) is 10.6.